The van der Waals surface area contributed by atoms with Gasteiger partial charge in [0.15, 0.2) is 11.1 Å². The van der Waals surface area contributed by atoms with Gasteiger partial charge in [-0.2, -0.15) is 0 Å². The summed E-state index contributed by atoms with van der Waals surface area (Å²) in [5.41, 5.74) is 7.48. The summed E-state index contributed by atoms with van der Waals surface area (Å²) in [5.74, 6) is 0.666. The second-order valence-corrected chi connectivity index (χ2v) is 7.46. The molecular weight excluding hydrogens is 358 g/mol. The molecule has 0 unspecified atom stereocenters. The number of benzene rings is 1. The number of aromatic nitrogens is 1. The third-order valence-electron chi connectivity index (χ3n) is 4.64. The Balaban J connectivity index is 1.23. The van der Waals surface area contributed by atoms with Crippen molar-refractivity contribution in [3.05, 3.63) is 47.5 Å². The van der Waals surface area contributed by atoms with E-state index in [1.807, 2.05) is 17.6 Å². The third kappa shape index (κ3) is 6.52. The number of aliphatic imine (C=N–C) groups is 1. The zero-order chi connectivity index (χ0) is 18.7. The van der Waals surface area contributed by atoms with E-state index in [-0.39, 0.29) is 0 Å². The monoisotopic (exact) mass is 387 g/mol. The number of hydrogen-bond acceptors (Lipinski definition) is 5. The van der Waals surface area contributed by atoms with Crippen molar-refractivity contribution in [2.75, 3.05) is 50.8 Å². The van der Waals surface area contributed by atoms with E-state index in [1.165, 1.54) is 5.56 Å². The summed E-state index contributed by atoms with van der Waals surface area (Å²) in [7, 11) is 0. The fraction of sp³-hybridized carbons (Fsp3) is 0.500. The number of hydrogen-bond donors (Lipinski definition) is 1. The smallest absolute Gasteiger partial charge is 0.191 e. The van der Waals surface area contributed by atoms with Crippen LogP contribution in [0.5, 0.6) is 0 Å². The van der Waals surface area contributed by atoms with Gasteiger partial charge in [0.25, 0.3) is 0 Å². The Kier molecular flexibility index (Phi) is 7.92. The van der Waals surface area contributed by atoms with Crippen molar-refractivity contribution in [2.24, 2.45) is 10.7 Å². The van der Waals surface area contributed by atoms with Gasteiger partial charge in [-0.3, -0.25) is 4.99 Å². The number of ether oxygens (including phenoxy) is 1. The zero-order valence-electron chi connectivity index (χ0n) is 15.8. The minimum Gasteiger partial charge on any atom is -0.381 e. The summed E-state index contributed by atoms with van der Waals surface area (Å²) in [4.78, 5) is 13.4. The third-order valence-corrected chi connectivity index (χ3v) is 5.47. The van der Waals surface area contributed by atoms with Crippen molar-refractivity contribution in [3.8, 4) is 0 Å². The molecule has 2 aromatic rings. The fourth-order valence-electron chi connectivity index (χ4n) is 3.05. The highest BCUT2D eigenvalue weighted by Crippen LogP contribution is 2.18. The first-order valence-electron chi connectivity index (χ1n) is 9.64. The molecule has 1 fully saturated rings. The summed E-state index contributed by atoms with van der Waals surface area (Å²) in [6.45, 7) is 6.01. The van der Waals surface area contributed by atoms with E-state index in [0.29, 0.717) is 5.96 Å². The van der Waals surface area contributed by atoms with Crippen LogP contribution in [0.3, 0.4) is 0 Å². The van der Waals surface area contributed by atoms with E-state index in [4.69, 9.17) is 10.5 Å². The second kappa shape index (κ2) is 10.9. The van der Waals surface area contributed by atoms with Crippen LogP contribution in [0.1, 0.15) is 18.4 Å². The summed E-state index contributed by atoms with van der Waals surface area (Å²) >= 11 is 1.69. The zero-order valence-corrected chi connectivity index (χ0v) is 16.6. The first-order chi connectivity index (χ1) is 13.3. The van der Waals surface area contributed by atoms with E-state index in [0.717, 1.165) is 70.3 Å². The maximum atomic E-state index is 6.15. The van der Waals surface area contributed by atoms with Crippen molar-refractivity contribution in [1.82, 2.24) is 9.88 Å². The molecule has 1 aliphatic rings. The van der Waals surface area contributed by atoms with Gasteiger partial charge in [-0.25, -0.2) is 4.98 Å². The molecule has 7 heteroatoms. The Morgan fingerprint density at radius 1 is 1.11 bits per heavy atom. The second-order valence-electron chi connectivity index (χ2n) is 6.58. The summed E-state index contributed by atoms with van der Waals surface area (Å²) in [6, 6.07) is 10.4. The topological polar surface area (TPSA) is 67.0 Å². The van der Waals surface area contributed by atoms with Gasteiger partial charge >= 0.3 is 0 Å². The highest BCUT2D eigenvalue weighted by Gasteiger charge is 2.19. The summed E-state index contributed by atoms with van der Waals surface area (Å²) in [6.07, 6.45) is 4.85. The van der Waals surface area contributed by atoms with Crippen LogP contribution >= 0.6 is 11.3 Å². The molecule has 1 aromatic heterocycles. The minimum atomic E-state index is 0.666. The molecule has 0 spiro atoms. The molecule has 0 saturated carbocycles. The molecule has 3 rings (SSSR count). The van der Waals surface area contributed by atoms with Gasteiger partial charge in [-0.15, -0.1) is 11.3 Å². The molecule has 6 nitrogen and oxygen atoms in total. The quantitative estimate of drug-likeness (QED) is 0.407. The van der Waals surface area contributed by atoms with Crippen molar-refractivity contribution in [1.29, 1.82) is 0 Å². The first kappa shape index (κ1) is 19.6. The minimum absolute atomic E-state index is 0.666. The Morgan fingerprint density at radius 2 is 1.93 bits per heavy atom. The SMILES string of the molecule is NC(=NCCCCOCCc1ccccc1)N1CCN(c2nccs2)CC1. The lowest BCUT2D eigenvalue weighted by molar-refractivity contribution is 0.134. The molecule has 0 radical (unpaired) electrons. The van der Waals surface area contributed by atoms with Crippen LogP contribution < -0.4 is 10.6 Å². The average molecular weight is 388 g/mol. The lowest BCUT2D eigenvalue weighted by Crippen LogP contribution is -2.51. The number of rotatable bonds is 9. The van der Waals surface area contributed by atoms with Crippen LogP contribution in [0, 0.1) is 0 Å². The molecule has 2 heterocycles. The Morgan fingerprint density at radius 3 is 2.67 bits per heavy atom. The van der Waals surface area contributed by atoms with E-state index >= 15 is 0 Å². The van der Waals surface area contributed by atoms with Crippen LogP contribution in [-0.2, 0) is 11.2 Å². The average Bonchev–Trinajstić information content (AvgIpc) is 3.25. The highest BCUT2D eigenvalue weighted by molar-refractivity contribution is 7.13. The Bertz CT molecular complexity index is 669. The van der Waals surface area contributed by atoms with Crippen LogP contribution in [-0.4, -0.2) is 61.8 Å². The number of guanidine groups is 1. The standard InChI is InChI=1S/C20H29N5OS/c21-19(24-11-13-25(14-12-24)20-23-10-17-27-20)22-9-4-5-15-26-16-8-18-6-2-1-3-7-18/h1-3,6-7,10,17H,4-5,8-9,11-16H2,(H2,21,22). The van der Waals surface area contributed by atoms with Crippen molar-refractivity contribution >= 4 is 22.4 Å². The molecular formula is C20H29N5OS. The lowest BCUT2D eigenvalue weighted by atomic mass is 10.2. The predicted molar refractivity (Wildman–Crippen MR) is 113 cm³/mol. The molecule has 1 saturated heterocycles. The van der Waals surface area contributed by atoms with E-state index < -0.39 is 0 Å². The first-order valence-corrected chi connectivity index (χ1v) is 10.5. The molecule has 1 aliphatic heterocycles. The van der Waals surface area contributed by atoms with Crippen molar-refractivity contribution in [2.45, 2.75) is 19.3 Å². The summed E-state index contributed by atoms with van der Waals surface area (Å²) in [5, 5.41) is 3.11. The van der Waals surface area contributed by atoms with Gasteiger partial charge in [0.2, 0.25) is 0 Å². The number of anilines is 1. The normalized spacial score (nSPS) is 15.3. The van der Waals surface area contributed by atoms with E-state index in [1.54, 1.807) is 11.3 Å². The van der Waals surface area contributed by atoms with Gasteiger partial charge in [-0.1, -0.05) is 30.3 Å². The number of unbranched alkanes of at least 4 members (excludes halogenated alkanes) is 1. The van der Waals surface area contributed by atoms with Gasteiger partial charge < -0.3 is 20.3 Å². The van der Waals surface area contributed by atoms with Crippen LogP contribution in [0.25, 0.3) is 0 Å². The van der Waals surface area contributed by atoms with Crippen molar-refractivity contribution < 1.29 is 4.74 Å². The van der Waals surface area contributed by atoms with E-state index in [2.05, 4.69) is 44.0 Å². The lowest BCUT2D eigenvalue weighted by Gasteiger charge is -2.35. The number of piperazine rings is 1. The maximum absolute atomic E-state index is 6.15. The molecule has 0 bridgehead atoms. The summed E-state index contributed by atoms with van der Waals surface area (Å²) < 4.78 is 5.71. The molecule has 0 amide bonds. The number of nitrogens with two attached hydrogens (primary N) is 1. The predicted octanol–water partition coefficient (Wildman–Crippen LogP) is 2.62. The largest absolute Gasteiger partial charge is 0.381 e. The van der Waals surface area contributed by atoms with Gasteiger partial charge in [0, 0.05) is 50.9 Å². The molecule has 146 valence electrons. The Hall–Kier alpha value is -2.12. The molecule has 27 heavy (non-hydrogen) atoms. The van der Waals surface area contributed by atoms with Crippen LogP contribution in [0.2, 0.25) is 0 Å². The number of thiazole rings is 1. The molecule has 0 aliphatic carbocycles. The van der Waals surface area contributed by atoms with E-state index in [9.17, 15) is 0 Å². The fourth-order valence-corrected chi connectivity index (χ4v) is 3.74. The van der Waals surface area contributed by atoms with Gasteiger partial charge in [0.1, 0.15) is 0 Å². The molecule has 1 aromatic carbocycles. The Labute approximate surface area is 165 Å². The van der Waals surface area contributed by atoms with Gasteiger partial charge in [0.05, 0.1) is 6.61 Å². The molecule has 2 N–H and O–H groups in total. The highest BCUT2D eigenvalue weighted by atomic mass is 32.1. The molecule has 0 atom stereocenters. The van der Waals surface area contributed by atoms with Crippen LogP contribution in [0.4, 0.5) is 5.13 Å². The maximum Gasteiger partial charge on any atom is 0.191 e. The van der Waals surface area contributed by atoms with Gasteiger partial charge in [-0.05, 0) is 24.8 Å². The van der Waals surface area contributed by atoms with Crippen molar-refractivity contribution in [3.63, 3.8) is 0 Å². The van der Waals surface area contributed by atoms with Crippen LogP contribution in [0.15, 0.2) is 46.9 Å². The number of nitrogens with zero attached hydrogens (tertiary/aromatic N) is 4.